The summed E-state index contributed by atoms with van der Waals surface area (Å²) in [6.45, 7) is 7.71. The van der Waals surface area contributed by atoms with E-state index >= 15 is 0 Å². The highest BCUT2D eigenvalue weighted by atomic mass is 35.5. The number of carbonyl (C=O) groups excluding carboxylic acids is 1. The molecule has 0 saturated heterocycles. The van der Waals surface area contributed by atoms with Gasteiger partial charge in [0.1, 0.15) is 0 Å². The summed E-state index contributed by atoms with van der Waals surface area (Å²) in [5, 5.41) is 7.00. The third-order valence-electron chi connectivity index (χ3n) is 4.29. The maximum Gasteiger partial charge on any atom is 0.225 e. The van der Waals surface area contributed by atoms with E-state index in [1.54, 1.807) is 0 Å². The third kappa shape index (κ3) is 6.70. The Morgan fingerprint density at radius 1 is 1.04 bits per heavy atom. The average molecular weight is 374 g/mol. The first-order chi connectivity index (χ1) is 12.6. The van der Waals surface area contributed by atoms with Gasteiger partial charge in [0.25, 0.3) is 0 Å². The van der Waals surface area contributed by atoms with Crippen molar-refractivity contribution >= 4 is 28.9 Å². The van der Waals surface area contributed by atoms with Crippen LogP contribution in [0.4, 0.5) is 11.4 Å². The molecule has 0 fully saturated rings. The normalized spacial score (nSPS) is 10.6. The van der Waals surface area contributed by atoms with Gasteiger partial charge in [0.2, 0.25) is 5.91 Å². The Hall–Kier alpha value is -2.04. The molecule has 2 rings (SSSR count). The summed E-state index contributed by atoms with van der Waals surface area (Å²) in [7, 11) is 0. The molecule has 0 aromatic heterocycles. The molecular weight excluding hydrogens is 346 g/mol. The Bertz CT molecular complexity index is 684. The summed E-state index contributed by atoms with van der Waals surface area (Å²) in [5.74, 6) is 0.0239. The van der Waals surface area contributed by atoms with E-state index in [1.807, 2.05) is 42.5 Å². The first kappa shape index (κ1) is 20.3. The second-order valence-electron chi connectivity index (χ2n) is 6.15. The van der Waals surface area contributed by atoms with Crippen LogP contribution in [0.1, 0.15) is 25.8 Å². The molecule has 4 nitrogen and oxygen atoms in total. The summed E-state index contributed by atoms with van der Waals surface area (Å²) < 4.78 is 0. The number of amides is 1. The van der Waals surface area contributed by atoms with E-state index in [1.165, 1.54) is 11.3 Å². The highest BCUT2D eigenvalue weighted by molar-refractivity contribution is 6.30. The van der Waals surface area contributed by atoms with E-state index in [9.17, 15) is 4.79 Å². The minimum absolute atomic E-state index is 0.0239. The van der Waals surface area contributed by atoms with Gasteiger partial charge >= 0.3 is 0 Å². The molecule has 140 valence electrons. The number of hydrogen-bond acceptors (Lipinski definition) is 3. The monoisotopic (exact) mass is 373 g/mol. The van der Waals surface area contributed by atoms with Gasteiger partial charge in [-0.25, -0.2) is 0 Å². The lowest BCUT2D eigenvalue weighted by atomic mass is 10.1. The maximum absolute atomic E-state index is 12.0. The molecule has 0 bridgehead atoms. The zero-order valence-corrected chi connectivity index (χ0v) is 16.4. The first-order valence-corrected chi connectivity index (χ1v) is 9.60. The van der Waals surface area contributed by atoms with Crippen LogP contribution in [0.25, 0.3) is 0 Å². The van der Waals surface area contributed by atoms with E-state index < -0.39 is 0 Å². The van der Waals surface area contributed by atoms with Crippen molar-refractivity contribution < 1.29 is 4.79 Å². The largest absolute Gasteiger partial charge is 0.372 e. The highest BCUT2D eigenvalue weighted by Crippen LogP contribution is 2.17. The average Bonchev–Trinajstić information content (AvgIpc) is 2.64. The second kappa shape index (κ2) is 10.8. The van der Waals surface area contributed by atoms with Gasteiger partial charge in [0.05, 0.1) is 0 Å². The number of nitrogens with zero attached hydrogens (tertiary/aromatic N) is 1. The Kier molecular flexibility index (Phi) is 8.45. The minimum atomic E-state index is 0.0239. The molecule has 0 saturated carbocycles. The standard InChI is InChI=1S/C21H28ClN3O/c1-3-25(4-2)20-10-8-19(9-11-20)24-21(26)13-15-23-14-12-17-6-5-7-18(22)16-17/h5-11,16,23H,3-4,12-15H2,1-2H3,(H,24,26). The SMILES string of the molecule is CCN(CC)c1ccc(NC(=O)CCNCCc2cccc(Cl)c2)cc1. The molecule has 0 unspecified atom stereocenters. The molecule has 0 radical (unpaired) electrons. The van der Waals surface area contributed by atoms with Crippen LogP contribution in [-0.2, 0) is 11.2 Å². The second-order valence-corrected chi connectivity index (χ2v) is 6.58. The number of carbonyl (C=O) groups is 1. The fourth-order valence-electron chi connectivity index (χ4n) is 2.82. The van der Waals surface area contributed by atoms with E-state index in [4.69, 9.17) is 11.6 Å². The molecule has 0 aliphatic rings. The van der Waals surface area contributed by atoms with Crippen LogP contribution < -0.4 is 15.5 Å². The van der Waals surface area contributed by atoms with Crippen LogP contribution >= 0.6 is 11.6 Å². The lowest BCUT2D eigenvalue weighted by Crippen LogP contribution is -2.24. The quantitative estimate of drug-likeness (QED) is 0.608. The van der Waals surface area contributed by atoms with Gasteiger partial charge in [-0.05, 0) is 68.8 Å². The molecular formula is C21H28ClN3O. The Morgan fingerprint density at radius 3 is 2.42 bits per heavy atom. The lowest BCUT2D eigenvalue weighted by molar-refractivity contribution is -0.116. The van der Waals surface area contributed by atoms with E-state index in [-0.39, 0.29) is 5.91 Å². The minimum Gasteiger partial charge on any atom is -0.372 e. The molecule has 5 heteroatoms. The number of hydrogen-bond donors (Lipinski definition) is 2. The van der Waals surface area contributed by atoms with Gasteiger partial charge in [-0.2, -0.15) is 0 Å². The van der Waals surface area contributed by atoms with Crippen molar-refractivity contribution in [1.29, 1.82) is 0 Å². The molecule has 0 aliphatic carbocycles. The van der Waals surface area contributed by atoms with E-state index in [2.05, 4.69) is 35.4 Å². The van der Waals surface area contributed by atoms with Crippen molar-refractivity contribution in [2.45, 2.75) is 26.7 Å². The number of rotatable bonds is 10. The summed E-state index contributed by atoms with van der Waals surface area (Å²) in [6, 6.07) is 15.9. The number of benzene rings is 2. The first-order valence-electron chi connectivity index (χ1n) is 9.22. The predicted octanol–water partition coefficient (Wildman–Crippen LogP) is 4.35. The molecule has 0 heterocycles. The maximum atomic E-state index is 12.0. The van der Waals surface area contributed by atoms with Crippen molar-refractivity contribution in [3.63, 3.8) is 0 Å². The number of nitrogens with one attached hydrogen (secondary N) is 2. The van der Waals surface area contributed by atoms with Gasteiger partial charge in [-0.3, -0.25) is 4.79 Å². The van der Waals surface area contributed by atoms with Crippen LogP contribution in [-0.4, -0.2) is 32.1 Å². The van der Waals surface area contributed by atoms with Gasteiger partial charge < -0.3 is 15.5 Å². The molecule has 2 aromatic rings. The Labute approximate surface area is 161 Å². The zero-order valence-electron chi connectivity index (χ0n) is 15.6. The number of halogens is 1. The van der Waals surface area contributed by atoms with Crippen LogP contribution in [0.15, 0.2) is 48.5 Å². The van der Waals surface area contributed by atoms with Crippen molar-refractivity contribution in [3.8, 4) is 0 Å². The van der Waals surface area contributed by atoms with Crippen molar-refractivity contribution in [3.05, 3.63) is 59.1 Å². The predicted molar refractivity (Wildman–Crippen MR) is 111 cm³/mol. The molecule has 0 aliphatic heterocycles. The van der Waals surface area contributed by atoms with Gasteiger partial charge in [-0.1, -0.05) is 23.7 Å². The van der Waals surface area contributed by atoms with Gasteiger partial charge in [0, 0.05) is 42.5 Å². The van der Waals surface area contributed by atoms with Crippen LogP contribution in [0, 0.1) is 0 Å². The summed E-state index contributed by atoms with van der Waals surface area (Å²) in [6.07, 6.45) is 1.35. The van der Waals surface area contributed by atoms with Crippen LogP contribution in [0.5, 0.6) is 0 Å². The summed E-state index contributed by atoms with van der Waals surface area (Å²) >= 11 is 5.97. The topological polar surface area (TPSA) is 44.4 Å². The van der Waals surface area contributed by atoms with Crippen molar-refractivity contribution in [1.82, 2.24) is 5.32 Å². The van der Waals surface area contributed by atoms with Gasteiger partial charge in [0.15, 0.2) is 0 Å². The summed E-state index contributed by atoms with van der Waals surface area (Å²) in [4.78, 5) is 14.3. The zero-order chi connectivity index (χ0) is 18.8. The molecule has 2 N–H and O–H groups in total. The highest BCUT2D eigenvalue weighted by Gasteiger charge is 2.04. The Balaban J connectivity index is 1.67. The van der Waals surface area contributed by atoms with E-state index in [0.29, 0.717) is 13.0 Å². The van der Waals surface area contributed by atoms with Crippen molar-refractivity contribution in [2.75, 3.05) is 36.4 Å². The van der Waals surface area contributed by atoms with Gasteiger partial charge in [-0.15, -0.1) is 0 Å². The summed E-state index contributed by atoms with van der Waals surface area (Å²) in [5.41, 5.74) is 3.21. The van der Waals surface area contributed by atoms with E-state index in [0.717, 1.165) is 36.8 Å². The smallest absolute Gasteiger partial charge is 0.225 e. The number of anilines is 2. The molecule has 0 atom stereocenters. The van der Waals surface area contributed by atoms with Crippen LogP contribution in [0.3, 0.4) is 0 Å². The fraction of sp³-hybridized carbons (Fsp3) is 0.381. The third-order valence-corrected chi connectivity index (χ3v) is 4.52. The molecule has 1 amide bonds. The fourth-order valence-corrected chi connectivity index (χ4v) is 3.03. The molecule has 26 heavy (non-hydrogen) atoms. The van der Waals surface area contributed by atoms with Crippen LogP contribution in [0.2, 0.25) is 5.02 Å². The Morgan fingerprint density at radius 2 is 1.77 bits per heavy atom. The molecule has 2 aromatic carbocycles. The lowest BCUT2D eigenvalue weighted by Gasteiger charge is -2.21. The molecule has 0 spiro atoms. The van der Waals surface area contributed by atoms with Crippen molar-refractivity contribution in [2.24, 2.45) is 0 Å².